The molecular weight excluding hydrogens is 184 g/mol. The first-order chi connectivity index (χ1) is 6.21. The van der Waals surface area contributed by atoms with E-state index in [1.165, 1.54) is 0 Å². The van der Waals surface area contributed by atoms with Gasteiger partial charge in [0, 0.05) is 6.42 Å². The molecule has 13 heavy (non-hydrogen) atoms. The highest BCUT2D eigenvalue weighted by Gasteiger charge is 2.59. The molecule has 2 rings (SSSR count). The van der Waals surface area contributed by atoms with Crippen LogP contribution in [0.1, 0.15) is 25.3 Å². The number of thiophene rings is 1. The van der Waals surface area contributed by atoms with Gasteiger partial charge in [0.15, 0.2) is 0 Å². The van der Waals surface area contributed by atoms with E-state index in [0.29, 0.717) is 12.8 Å². The second kappa shape index (κ2) is 2.93. The summed E-state index contributed by atoms with van der Waals surface area (Å²) in [5, 5.41) is 13.4. The Hall–Kier alpha value is -0.670. The van der Waals surface area contributed by atoms with E-state index >= 15 is 0 Å². The van der Waals surface area contributed by atoms with Gasteiger partial charge in [0.2, 0.25) is 0 Å². The Balaban J connectivity index is 2.33. The van der Waals surface area contributed by atoms with Crippen molar-refractivity contribution < 1.29 is 9.90 Å². The predicted molar refractivity (Wildman–Crippen MR) is 51.9 cm³/mol. The number of ketones is 1. The van der Waals surface area contributed by atoms with Crippen molar-refractivity contribution in [2.75, 3.05) is 0 Å². The van der Waals surface area contributed by atoms with Gasteiger partial charge in [0.05, 0.1) is 11.5 Å². The van der Waals surface area contributed by atoms with Gasteiger partial charge in [-0.2, -0.15) is 11.3 Å². The Morgan fingerprint density at radius 3 is 2.92 bits per heavy atom. The van der Waals surface area contributed by atoms with Gasteiger partial charge in [-0.1, -0.05) is 6.92 Å². The quantitative estimate of drug-likeness (QED) is 0.799. The normalized spacial score (nSPS) is 31.7. The van der Waals surface area contributed by atoms with Gasteiger partial charge >= 0.3 is 0 Å². The van der Waals surface area contributed by atoms with E-state index in [1.54, 1.807) is 11.3 Å². The SMILES string of the molecule is CCC(=O)C1(c2ccsc2)CC1O. The third-order valence-corrected chi connectivity index (χ3v) is 3.46. The minimum atomic E-state index is -0.533. The average molecular weight is 196 g/mol. The minimum absolute atomic E-state index is 0.165. The number of carbonyl (C=O) groups is 1. The van der Waals surface area contributed by atoms with Crippen molar-refractivity contribution >= 4 is 17.1 Å². The maximum Gasteiger partial charge on any atom is 0.145 e. The number of hydrogen-bond donors (Lipinski definition) is 1. The lowest BCUT2D eigenvalue weighted by Crippen LogP contribution is -2.23. The molecule has 1 heterocycles. The van der Waals surface area contributed by atoms with Gasteiger partial charge in [0.1, 0.15) is 5.78 Å². The smallest absolute Gasteiger partial charge is 0.145 e. The molecule has 0 bridgehead atoms. The number of rotatable bonds is 3. The maximum absolute atomic E-state index is 11.6. The first-order valence-electron chi connectivity index (χ1n) is 4.46. The van der Waals surface area contributed by atoms with Crippen molar-refractivity contribution in [3.63, 3.8) is 0 Å². The molecule has 2 nitrogen and oxygen atoms in total. The Kier molecular flexibility index (Phi) is 2.00. The Bertz CT molecular complexity index is 318. The number of hydrogen-bond acceptors (Lipinski definition) is 3. The van der Waals surface area contributed by atoms with E-state index < -0.39 is 11.5 Å². The highest BCUT2D eigenvalue weighted by Crippen LogP contribution is 2.50. The van der Waals surface area contributed by atoms with E-state index in [1.807, 2.05) is 23.8 Å². The lowest BCUT2D eigenvalue weighted by atomic mass is 9.92. The molecule has 1 fully saturated rings. The van der Waals surface area contributed by atoms with Crippen LogP contribution in [0.2, 0.25) is 0 Å². The zero-order valence-corrected chi connectivity index (χ0v) is 8.30. The van der Waals surface area contributed by atoms with Crippen LogP contribution in [0.25, 0.3) is 0 Å². The number of aliphatic hydroxyl groups excluding tert-OH is 1. The Morgan fingerprint density at radius 2 is 2.54 bits per heavy atom. The molecular formula is C10H12O2S. The van der Waals surface area contributed by atoms with Crippen molar-refractivity contribution in [3.05, 3.63) is 22.4 Å². The van der Waals surface area contributed by atoms with Crippen molar-refractivity contribution in [2.45, 2.75) is 31.3 Å². The Labute approximate surface area is 81.2 Å². The molecule has 1 N–H and O–H groups in total. The van der Waals surface area contributed by atoms with Crippen molar-refractivity contribution in [1.82, 2.24) is 0 Å². The average Bonchev–Trinajstić information content (AvgIpc) is 2.63. The van der Waals surface area contributed by atoms with Gasteiger partial charge in [-0.15, -0.1) is 0 Å². The third kappa shape index (κ3) is 1.15. The van der Waals surface area contributed by atoms with Crippen LogP contribution in [0.15, 0.2) is 16.8 Å². The first-order valence-corrected chi connectivity index (χ1v) is 5.40. The van der Waals surface area contributed by atoms with E-state index in [2.05, 4.69) is 0 Å². The fourth-order valence-corrected chi connectivity index (χ4v) is 2.59. The number of carbonyl (C=O) groups excluding carboxylic acids is 1. The molecule has 70 valence electrons. The van der Waals surface area contributed by atoms with E-state index in [-0.39, 0.29) is 5.78 Å². The van der Waals surface area contributed by atoms with Crippen LogP contribution in [0.3, 0.4) is 0 Å². The molecule has 2 unspecified atom stereocenters. The molecule has 0 aliphatic heterocycles. The number of aliphatic hydroxyl groups is 1. The Morgan fingerprint density at radius 1 is 1.85 bits per heavy atom. The highest BCUT2D eigenvalue weighted by atomic mass is 32.1. The fourth-order valence-electron chi connectivity index (χ4n) is 1.85. The molecule has 0 amide bonds. The lowest BCUT2D eigenvalue weighted by molar-refractivity contribution is -0.121. The second-order valence-electron chi connectivity index (χ2n) is 3.48. The van der Waals surface area contributed by atoms with Gasteiger partial charge in [-0.3, -0.25) is 4.79 Å². The van der Waals surface area contributed by atoms with E-state index in [4.69, 9.17) is 0 Å². The lowest BCUT2D eigenvalue weighted by Gasteiger charge is -2.11. The van der Waals surface area contributed by atoms with Crippen molar-refractivity contribution in [2.24, 2.45) is 0 Å². The van der Waals surface area contributed by atoms with E-state index in [0.717, 1.165) is 5.56 Å². The summed E-state index contributed by atoms with van der Waals surface area (Å²) in [6.07, 6.45) is 0.665. The summed E-state index contributed by atoms with van der Waals surface area (Å²) >= 11 is 1.57. The fraction of sp³-hybridized carbons (Fsp3) is 0.500. The van der Waals surface area contributed by atoms with Crippen LogP contribution in [0.4, 0.5) is 0 Å². The molecule has 1 aromatic heterocycles. The van der Waals surface area contributed by atoms with Gasteiger partial charge in [0.25, 0.3) is 0 Å². The maximum atomic E-state index is 11.6. The summed E-state index contributed by atoms with van der Waals surface area (Å²) in [5.74, 6) is 0.165. The third-order valence-electron chi connectivity index (χ3n) is 2.78. The van der Waals surface area contributed by atoms with E-state index in [9.17, 15) is 9.90 Å². The monoisotopic (exact) mass is 196 g/mol. The van der Waals surface area contributed by atoms with Crippen LogP contribution in [0, 0.1) is 0 Å². The van der Waals surface area contributed by atoms with Gasteiger partial charge in [-0.05, 0) is 28.8 Å². The molecule has 1 saturated carbocycles. The molecule has 1 aliphatic carbocycles. The molecule has 2 atom stereocenters. The summed E-state index contributed by atoms with van der Waals surface area (Å²) in [5.41, 5.74) is 0.464. The zero-order valence-electron chi connectivity index (χ0n) is 7.49. The van der Waals surface area contributed by atoms with Crippen LogP contribution in [-0.2, 0) is 10.2 Å². The predicted octanol–water partition coefficient (Wildman–Crippen LogP) is 1.73. The van der Waals surface area contributed by atoms with Gasteiger partial charge in [-0.25, -0.2) is 0 Å². The molecule has 1 aromatic rings. The van der Waals surface area contributed by atoms with Crippen molar-refractivity contribution in [1.29, 1.82) is 0 Å². The van der Waals surface area contributed by atoms with Crippen LogP contribution >= 0.6 is 11.3 Å². The minimum Gasteiger partial charge on any atom is -0.392 e. The number of Topliss-reactive ketones (excluding diaryl/α,β-unsaturated/α-hetero) is 1. The second-order valence-corrected chi connectivity index (χ2v) is 4.26. The van der Waals surface area contributed by atoms with Gasteiger partial charge < -0.3 is 5.11 Å². The molecule has 3 heteroatoms. The standard InChI is InChI=1S/C10H12O2S/c1-2-8(11)10(5-9(10)12)7-3-4-13-6-7/h3-4,6,9,12H,2,5H2,1H3. The van der Waals surface area contributed by atoms with Crippen LogP contribution < -0.4 is 0 Å². The summed E-state index contributed by atoms with van der Waals surface area (Å²) in [4.78, 5) is 11.6. The summed E-state index contributed by atoms with van der Waals surface area (Å²) < 4.78 is 0. The molecule has 1 aliphatic rings. The summed E-state index contributed by atoms with van der Waals surface area (Å²) in [6.45, 7) is 1.85. The first kappa shape index (κ1) is 8.91. The summed E-state index contributed by atoms with van der Waals surface area (Å²) in [7, 11) is 0. The van der Waals surface area contributed by atoms with Crippen molar-refractivity contribution in [3.8, 4) is 0 Å². The van der Waals surface area contributed by atoms with Crippen LogP contribution in [0.5, 0.6) is 0 Å². The molecule has 0 spiro atoms. The highest BCUT2D eigenvalue weighted by molar-refractivity contribution is 7.08. The molecule has 0 aromatic carbocycles. The molecule has 0 saturated heterocycles. The molecule has 0 radical (unpaired) electrons. The summed E-state index contributed by atoms with van der Waals surface area (Å²) in [6, 6.07) is 1.94. The topological polar surface area (TPSA) is 37.3 Å². The zero-order chi connectivity index (χ0) is 9.47. The van der Waals surface area contributed by atoms with Crippen LogP contribution in [-0.4, -0.2) is 17.0 Å². The largest absolute Gasteiger partial charge is 0.392 e.